The van der Waals surface area contributed by atoms with Gasteiger partial charge >= 0.3 is 0 Å². The summed E-state index contributed by atoms with van der Waals surface area (Å²) in [5.74, 6) is 0.929. The zero-order valence-electron chi connectivity index (χ0n) is 11.2. The molecule has 0 saturated heterocycles. The van der Waals surface area contributed by atoms with Gasteiger partial charge in [-0.1, -0.05) is 36.4 Å². The van der Waals surface area contributed by atoms with Crippen LogP contribution in [0.1, 0.15) is 32.3 Å². The number of nitrogens with zero attached hydrogens (tertiary/aromatic N) is 1. The highest BCUT2D eigenvalue weighted by Gasteiger charge is 2.24. The molecule has 1 amide bonds. The summed E-state index contributed by atoms with van der Waals surface area (Å²) in [5.41, 5.74) is 2.46. The summed E-state index contributed by atoms with van der Waals surface area (Å²) in [6.45, 7) is 5.42. The van der Waals surface area contributed by atoms with Crippen molar-refractivity contribution in [2.45, 2.75) is 26.7 Å². The van der Waals surface area contributed by atoms with E-state index in [1.165, 1.54) is 24.0 Å². The highest BCUT2D eigenvalue weighted by atomic mass is 16.2. The maximum Gasteiger partial charge on any atom is 0.219 e. The van der Waals surface area contributed by atoms with Crippen LogP contribution in [0.15, 0.2) is 36.4 Å². The van der Waals surface area contributed by atoms with E-state index in [0.717, 1.165) is 19.0 Å². The van der Waals surface area contributed by atoms with Gasteiger partial charge in [0.1, 0.15) is 0 Å². The van der Waals surface area contributed by atoms with E-state index in [-0.39, 0.29) is 5.91 Å². The van der Waals surface area contributed by atoms with E-state index in [0.29, 0.717) is 0 Å². The van der Waals surface area contributed by atoms with E-state index >= 15 is 0 Å². The Hall–Kier alpha value is -1.57. The third-order valence-electron chi connectivity index (χ3n) is 3.47. The van der Waals surface area contributed by atoms with E-state index in [1.54, 1.807) is 6.92 Å². The minimum Gasteiger partial charge on any atom is -0.339 e. The number of carbonyl (C=O) groups is 1. The standard InChI is InChI=1S/C16H21NO/c1-13(16-6-4-3-5-7-16)10-11-17(14(2)18)12-15-8-9-15/h3-7,10,15H,8-9,11-12H2,1-2H3. The van der Waals surface area contributed by atoms with Gasteiger partial charge in [0.25, 0.3) is 0 Å². The van der Waals surface area contributed by atoms with Crippen LogP contribution in [-0.2, 0) is 4.79 Å². The number of carbonyl (C=O) groups excluding carboxylic acids is 1. The molecule has 1 aromatic rings. The molecule has 1 aliphatic carbocycles. The summed E-state index contributed by atoms with van der Waals surface area (Å²) in [5, 5.41) is 0. The molecule has 1 fully saturated rings. The zero-order chi connectivity index (χ0) is 13.0. The molecular formula is C16H21NO. The third kappa shape index (κ3) is 3.73. The Labute approximate surface area is 109 Å². The Morgan fingerprint density at radius 3 is 2.50 bits per heavy atom. The molecule has 96 valence electrons. The number of hydrogen-bond donors (Lipinski definition) is 0. The molecule has 2 nitrogen and oxygen atoms in total. The van der Waals surface area contributed by atoms with Gasteiger partial charge in [-0.2, -0.15) is 0 Å². The van der Waals surface area contributed by atoms with Crippen molar-refractivity contribution >= 4 is 11.5 Å². The van der Waals surface area contributed by atoms with Crippen molar-refractivity contribution in [3.8, 4) is 0 Å². The first kappa shape index (κ1) is 12.9. The molecule has 0 aromatic heterocycles. The second-order valence-electron chi connectivity index (χ2n) is 5.12. The SMILES string of the molecule is CC(=O)N(CC=C(C)c1ccccc1)CC1CC1. The van der Waals surface area contributed by atoms with Crippen molar-refractivity contribution < 1.29 is 4.79 Å². The fourth-order valence-electron chi connectivity index (χ4n) is 2.01. The van der Waals surface area contributed by atoms with Gasteiger partial charge in [0.05, 0.1) is 0 Å². The summed E-state index contributed by atoms with van der Waals surface area (Å²) in [6.07, 6.45) is 4.72. The van der Waals surface area contributed by atoms with Gasteiger partial charge in [0.15, 0.2) is 0 Å². The minimum atomic E-state index is 0.180. The third-order valence-corrected chi connectivity index (χ3v) is 3.47. The Morgan fingerprint density at radius 1 is 1.28 bits per heavy atom. The largest absolute Gasteiger partial charge is 0.339 e. The van der Waals surface area contributed by atoms with Crippen LogP contribution in [0.5, 0.6) is 0 Å². The van der Waals surface area contributed by atoms with Crippen LogP contribution in [0.25, 0.3) is 5.57 Å². The quantitative estimate of drug-likeness (QED) is 0.776. The van der Waals surface area contributed by atoms with Crippen molar-refractivity contribution in [2.24, 2.45) is 5.92 Å². The lowest BCUT2D eigenvalue weighted by Gasteiger charge is -2.19. The Morgan fingerprint density at radius 2 is 1.94 bits per heavy atom. The molecule has 2 heteroatoms. The lowest BCUT2D eigenvalue weighted by molar-refractivity contribution is -0.128. The Kier molecular flexibility index (Phi) is 4.19. The van der Waals surface area contributed by atoms with Gasteiger partial charge in [-0.3, -0.25) is 4.79 Å². The molecule has 0 N–H and O–H groups in total. The maximum absolute atomic E-state index is 11.6. The first-order chi connectivity index (χ1) is 8.66. The Bertz CT molecular complexity index is 432. The molecule has 18 heavy (non-hydrogen) atoms. The number of allylic oxidation sites excluding steroid dienone is 1. The van der Waals surface area contributed by atoms with Crippen LogP contribution in [0, 0.1) is 5.92 Å². The summed E-state index contributed by atoms with van der Waals surface area (Å²) >= 11 is 0. The molecule has 2 rings (SSSR count). The number of hydrogen-bond acceptors (Lipinski definition) is 1. The predicted octanol–water partition coefficient (Wildman–Crippen LogP) is 3.35. The molecule has 0 heterocycles. The monoisotopic (exact) mass is 243 g/mol. The smallest absolute Gasteiger partial charge is 0.219 e. The number of amides is 1. The summed E-state index contributed by atoms with van der Waals surface area (Å²) in [7, 11) is 0. The summed E-state index contributed by atoms with van der Waals surface area (Å²) < 4.78 is 0. The van der Waals surface area contributed by atoms with E-state index in [4.69, 9.17) is 0 Å². The highest BCUT2D eigenvalue weighted by Crippen LogP contribution is 2.29. The van der Waals surface area contributed by atoms with Crippen molar-refractivity contribution in [3.63, 3.8) is 0 Å². The minimum absolute atomic E-state index is 0.180. The maximum atomic E-state index is 11.6. The summed E-state index contributed by atoms with van der Waals surface area (Å²) in [4.78, 5) is 13.5. The van der Waals surface area contributed by atoms with E-state index < -0.39 is 0 Å². The Balaban J connectivity index is 1.96. The van der Waals surface area contributed by atoms with Crippen LogP contribution >= 0.6 is 0 Å². The van der Waals surface area contributed by atoms with Gasteiger partial charge in [-0.05, 0) is 36.8 Å². The normalized spacial score (nSPS) is 15.6. The average molecular weight is 243 g/mol. The van der Waals surface area contributed by atoms with Crippen molar-refractivity contribution in [3.05, 3.63) is 42.0 Å². The molecule has 0 aliphatic heterocycles. The second kappa shape index (κ2) is 5.85. The topological polar surface area (TPSA) is 20.3 Å². The van der Waals surface area contributed by atoms with Crippen molar-refractivity contribution in [1.82, 2.24) is 4.90 Å². The molecule has 1 saturated carbocycles. The second-order valence-corrected chi connectivity index (χ2v) is 5.12. The van der Waals surface area contributed by atoms with Crippen LogP contribution in [0.3, 0.4) is 0 Å². The molecule has 0 radical (unpaired) electrons. The number of rotatable bonds is 5. The van der Waals surface area contributed by atoms with Crippen molar-refractivity contribution in [1.29, 1.82) is 0 Å². The van der Waals surface area contributed by atoms with Crippen LogP contribution in [0.2, 0.25) is 0 Å². The van der Waals surface area contributed by atoms with Gasteiger partial charge in [-0.15, -0.1) is 0 Å². The number of benzene rings is 1. The first-order valence-electron chi connectivity index (χ1n) is 6.64. The van der Waals surface area contributed by atoms with Gasteiger partial charge in [-0.25, -0.2) is 0 Å². The van der Waals surface area contributed by atoms with Crippen LogP contribution in [0.4, 0.5) is 0 Å². The molecule has 0 spiro atoms. The fraction of sp³-hybridized carbons (Fsp3) is 0.438. The molecular weight excluding hydrogens is 222 g/mol. The van der Waals surface area contributed by atoms with Gasteiger partial charge < -0.3 is 4.90 Å². The molecule has 1 aliphatic rings. The van der Waals surface area contributed by atoms with Crippen LogP contribution in [-0.4, -0.2) is 23.9 Å². The lowest BCUT2D eigenvalue weighted by atomic mass is 10.1. The van der Waals surface area contributed by atoms with Crippen LogP contribution < -0.4 is 0 Å². The van der Waals surface area contributed by atoms with Crippen molar-refractivity contribution in [2.75, 3.05) is 13.1 Å². The summed E-state index contributed by atoms with van der Waals surface area (Å²) in [6, 6.07) is 10.3. The average Bonchev–Trinajstić information content (AvgIpc) is 3.18. The molecule has 1 aromatic carbocycles. The fourth-order valence-corrected chi connectivity index (χ4v) is 2.01. The molecule has 0 atom stereocenters. The van der Waals surface area contributed by atoms with E-state index in [2.05, 4.69) is 25.1 Å². The predicted molar refractivity (Wildman–Crippen MR) is 75.1 cm³/mol. The van der Waals surface area contributed by atoms with Gasteiger partial charge in [0, 0.05) is 20.0 Å². The molecule has 0 unspecified atom stereocenters. The zero-order valence-corrected chi connectivity index (χ0v) is 11.2. The van der Waals surface area contributed by atoms with E-state index in [9.17, 15) is 4.79 Å². The lowest BCUT2D eigenvalue weighted by Crippen LogP contribution is -2.31. The first-order valence-corrected chi connectivity index (χ1v) is 6.64. The van der Waals surface area contributed by atoms with E-state index in [1.807, 2.05) is 23.1 Å². The highest BCUT2D eigenvalue weighted by molar-refractivity contribution is 5.74. The molecule has 0 bridgehead atoms. The van der Waals surface area contributed by atoms with Gasteiger partial charge in [0.2, 0.25) is 5.91 Å².